The van der Waals surface area contributed by atoms with E-state index in [-0.39, 0.29) is 0 Å². The number of aryl methyl sites for hydroxylation is 2. The van der Waals surface area contributed by atoms with Gasteiger partial charge in [-0.25, -0.2) is 4.68 Å². The van der Waals surface area contributed by atoms with Crippen molar-refractivity contribution in [1.29, 1.82) is 0 Å². The highest BCUT2D eigenvalue weighted by atomic mass is 16.3. The molecule has 0 amide bonds. The first-order valence-corrected chi connectivity index (χ1v) is 6.46. The highest BCUT2D eigenvalue weighted by molar-refractivity contribution is 5.64. The molecule has 0 aliphatic rings. The van der Waals surface area contributed by atoms with Crippen LogP contribution in [0, 0.1) is 6.92 Å². The monoisotopic (exact) mass is 260 g/mol. The van der Waals surface area contributed by atoms with Crippen LogP contribution in [0.25, 0.3) is 0 Å². The van der Waals surface area contributed by atoms with Gasteiger partial charge in [-0.3, -0.25) is 0 Å². The molecule has 0 spiro atoms. The summed E-state index contributed by atoms with van der Waals surface area (Å²) in [6, 6.07) is 7.24. The lowest BCUT2D eigenvalue weighted by Crippen LogP contribution is -2.11. The number of hydrogen-bond acceptors (Lipinski definition) is 4. The largest absolute Gasteiger partial charge is 0.508 e. The van der Waals surface area contributed by atoms with Gasteiger partial charge in [-0.2, -0.15) is 5.10 Å². The van der Waals surface area contributed by atoms with E-state index in [0.717, 1.165) is 31.0 Å². The lowest BCUT2D eigenvalue weighted by Gasteiger charge is -2.09. The van der Waals surface area contributed by atoms with Crippen molar-refractivity contribution in [3.63, 3.8) is 0 Å². The number of aromatic hydroxyl groups is 1. The molecule has 0 bridgehead atoms. The van der Waals surface area contributed by atoms with Gasteiger partial charge in [0.15, 0.2) is 0 Å². The highest BCUT2D eigenvalue weighted by Gasteiger charge is 2.10. The van der Waals surface area contributed by atoms with Crippen LogP contribution in [-0.4, -0.2) is 21.4 Å². The average molecular weight is 260 g/mol. The Kier molecular flexibility index (Phi) is 3.94. The minimum absolute atomic E-state index is 0.292. The third kappa shape index (κ3) is 2.99. The number of phenols is 1. The summed E-state index contributed by atoms with van der Waals surface area (Å²) in [5.41, 5.74) is 8.74. The van der Waals surface area contributed by atoms with Crippen molar-refractivity contribution in [2.75, 3.05) is 17.6 Å². The zero-order valence-corrected chi connectivity index (χ0v) is 11.3. The van der Waals surface area contributed by atoms with Crippen LogP contribution in [0.1, 0.15) is 18.2 Å². The third-order valence-electron chi connectivity index (χ3n) is 3.12. The molecule has 1 aromatic carbocycles. The van der Waals surface area contributed by atoms with Gasteiger partial charge in [0.05, 0.1) is 11.4 Å². The summed E-state index contributed by atoms with van der Waals surface area (Å²) < 4.78 is 1.88. The molecule has 1 heterocycles. The first-order chi connectivity index (χ1) is 9.11. The number of anilines is 2. The molecule has 4 N–H and O–H groups in total. The number of nitrogen functional groups attached to an aromatic ring is 1. The standard InChI is InChI=1S/C14H20N4O/c1-3-18-14(13(15)10(2)17-18)16-9-8-11-4-6-12(19)7-5-11/h4-7,16,19H,3,8-9,15H2,1-2H3. The van der Waals surface area contributed by atoms with Gasteiger partial charge in [0.25, 0.3) is 0 Å². The molecule has 5 heteroatoms. The van der Waals surface area contributed by atoms with Crippen LogP contribution >= 0.6 is 0 Å². The van der Waals surface area contributed by atoms with Crippen LogP contribution in [-0.2, 0) is 13.0 Å². The SMILES string of the molecule is CCn1nc(C)c(N)c1NCCc1ccc(O)cc1. The molecule has 102 valence electrons. The summed E-state index contributed by atoms with van der Waals surface area (Å²) in [6.07, 6.45) is 0.869. The second-order valence-electron chi connectivity index (χ2n) is 4.51. The van der Waals surface area contributed by atoms with E-state index in [0.29, 0.717) is 11.4 Å². The molecule has 0 saturated heterocycles. The van der Waals surface area contributed by atoms with E-state index in [4.69, 9.17) is 5.73 Å². The van der Waals surface area contributed by atoms with Crippen molar-refractivity contribution in [1.82, 2.24) is 9.78 Å². The van der Waals surface area contributed by atoms with Crippen molar-refractivity contribution in [3.8, 4) is 5.75 Å². The van der Waals surface area contributed by atoms with E-state index >= 15 is 0 Å². The molecule has 0 aliphatic carbocycles. The van der Waals surface area contributed by atoms with Crippen molar-refractivity contribution in [2.24, 2.45) is 0 Å². The van der Waals surface area contributed by atoms with Gasteiger partial charge in [-0.1, -0.05) is 12.1 Å². The molecular formula is C14H20N4O. The Labute approximate surface area is 113 Å². The van der Waals surface area contributed by atoms with E-state index in [2.05, 4.69) is 10.4 Å². The first kappa shape index (κ1) is 13.3. The molecule has 2 rings (SSSR count). The van der Waals surface area contributed by atoms with Crippen LogP contribution in [0.15, 0.2) is 24.3 Å². The van der Waals surface area contributed by atoms with Gasteiger partial charge >= 0.3 is 0 Å². The van der Waals surface area contributed by atoms with Crippen molar-refractivity contribution in [3.05, 3.63) is 35.5 Å². The number of phenolic OH excluding ortho intramolecular Hbond substituents is 1. The van der Waals surface area contributed by atoms with Crippen molar-refractivity contribution in [2.45, 2.75) is 26.8 Å². The maximum Gasteiger partial charge on any atom is 0.148 e. The van der Waals surface area contributed by atoms with E-state index in [1.807, 2.05) is 30.7 Å². The Morgan fingerprint density at radius 3 is 2.63 bits per heavy atom. The lowest BCUT2D eigenvalue weighted by atomic mass is 10.1. The third-order valence-corrected chi connectivity index (χ3v) is 3.12. The number of rotatable bonds is 5. The maximum absolute atomic E-state index is 9.22. The van der Waals surface area contributed by atoms with Gasteiger partial charge < -0.3 is 16.2 Å². The minimum atomic E-state index is 0.292. The zero-order chi connectivity index (χ0) is 13.8. The zero-order valence-electron chi connectivity index (χ0n) is 11.3. The molecule has 1 aromatic heterocycles. The molecule has 0 saturated carbocycles. The van der Waals surface area contributed by atoms with Gasteiger partial charge in [-0.05, 0) is 38.0 Å². The molecule has 19 heavy (non-hydrogen) atoms. The molecule has 0 aliphatic heterocycles. The number of benzene rings is 1. The van der Waals surface area contributed by atoms with Gasteiger partial charge in [0.2, 0.25) is 0 Å². The number of hydrogen-bond donors (Lipinski definition) is 3. The number of aromatic nitrogens is 2. The minimum Gasteiger partial charge on any atom is -0.508 e. The van der Waals surface area contributed by atoms with E-state index in [9.17, 15) is 5.11 Å². The van der Waals surface area contributed by atoms with Crippen LogP contribution in [0.3, 0.4) is 0 Å². The fraction of sp³-hybridized carbons (Fsp3) is 0.357. The van der Waals surface area contributed by atoms with Crippen LogP contribution in [0.4, 0.5) is 11.5 Å². The summed E-state index contributed by atoms with van der Waals surface area (Å²) in [6.45, 7) is 5.52. The fourth-order valence-electron chi connectivity index (χ4n) is 2.00. The van der Waals surface area contributed by atoms with Crippen LogP contribution in [0.5, 0.6) is 5.75 Å². The van der Waals surface area contributed by atoms with Crippen LogP contribution < -0.4 is 11.1 Å². The number of nitrogens with one attached hydrogen (secondary N) is 1. The first-order valence-electron chi connectivity index (χ1n) is 6.46. The maximum atomic E-state index is 9.22. The Balaban J connectivity index is 1.97. The van der Waals surface area contributed by atoms with Crippen molar-refractivity contribution >= 4 is 11.5 Å². The molecule has 0 fully saturated rings. The van der Waals surface area contributed by atoms with E-state index in [1.165, 1.54) is 5.56 Å². The topological polar surface area (TPSA) is 76.1 Å². The highest BCUT2D eigenvalue weighted by Crippen LogP contribution is 2.22. The van der Waals surface area contributed by atoms with E-state index in [1.54, 1.807) is 12.1 Å². The van der Waals surface area contributed by atoms with E-state index < -0.39 is 0 Å². The van der Waals surface area contributed by atoms with Gasteiger partial charge in [-0.15, -0.1) is 0 Å². The Morgan fingerprint density at radius 2 is 2.00 bits per heavy atom. The molecule has 0 radical (unpaired) electrons. The summed E-state index contributed by atoms with van der Waals surface area (Å²) in [4.78, 5) is 0. The Bertz CT molecular complexity index is 545. The smallest absolute Gasteiger partial charge is 0.148 e. The Morgan fingerprint density at radius 1 is 1.32 bits per heavy atom. The predicted octanol–water partition coefficient (Wildman–Crippen LogP) is 2.15. The summed E-state index contributed by atoms with van der Waals surface area (Å²) in [5.74, 6) is 1.18. The lowest BCUT2D eigenvalue weighted by molar-refractivity contribution is 0.475. The van der Waals surface area contributed by atoms with Gasteiger partial charge in [0.1, 0.15) is 11.6 Å². The van der Waals surface area contributed by atoms with Crippen molar-refractivity contribution < 1.29 is 5.11 Å². The normalized spacial score (nSPS) is 10.6. The Hall–Kier alpha value is -2.17. The number of nitrogens with zero attached hydrogens (tertiary/aromatic N) is 2. The molecule has 0 unspecified atom stereocenters. The summed E-state index contributed by atoms with van der Waals surface area (Å²) >= 11 is 0. The average Bonchev–Trinajstić information content (AvgIpc) is 2.68. The summed E-state index contributed by atoms with van der Waals surface area (Å²) in [7, 11) is 0. The van der Waals surface area contributed by atoms with Crippen LogP contribution in [0.2, 0.25) is 0 Å². The summed E-state index contributed by atoms with van der Waals surface area (Å²) in [5, 5.41) is 16.9. The number of nitrogens with two attached hydrogens (primary N) is 1. The molecular weight excluding hydrogens is 240 g/mol. The fourth-order valence-corrected chi connectivity index (χ4v) is 2.00. The second kappa shape index (κ2) is 5.65. The molecule has 5 nitrogen and oxygen atoms in total. The van der Waals surface area contributed by atoms with Gasteiger partial charge in [0, 0.05) is 13.1 Å². The molecule has 0 atom stereocenters. The molecule has 2 aromatic rings. The quantitative estimate of drug-likeness (QED) is 0.770. The predicted molar refractivity (Wildman–Crippen MR) is 77.4 cm³/mol. The second-order valence-corrected chi connectivity index (χ2v) is 4.51.